The summed E-state index contributed by atoms with van der Waals surface area (Å²) in [7, 11) is 0. The number of nitrogens with one attached hydrogen (secondary N) is 1. The van der Waals surface area contributed by atoms with Crippen LogP contribution in [0.25, 0.3) is 0 Å². The minimum absolute atomic E-state index is 0. The van der Waals surface area contributed by atoms with Gasteiger partial charge in [-0.05, 0) is 5.16 Å². The molecule has 0 spiro atoms. The molecule has 3 N–H and O–H groups in total. The maximum absolute atomic E-state index is 10.5. The summed E-state index contributed by atoms with van der Waals surface area (Å²) < 4.78 is 0. The molecule has 0 aliphatic heterocycles. The van der Waals surface area contributed by atoms with E-state index in [0.717, 1.165) is 0 Å². The number of aromatic amines is 1. The molecule has 11 heavy (non-hydrogen) atoms. The summed E-state index contributed by atoms with van der Waals surface area (Å²) in [5.41, 5.74) is 4.85. The first-order valence-corrected chi connectivity index (χ1v) is 2.63. The van der Waals surface area contributed by atoms with Crippen molar-refractivity contribution in [2.75, 3.05) is 5.73 Å². The van der Waals surface area contributed by atoms with Crippen molar-refractivity contribution >= 4 is 18.4 Å². The van der Waals surface area contributed by atoms with E-state index in [2.05, 4.69) is 22.6 Å². The van der Waals surface area contributed by atoms with E-state index in [-0.39, 0.29) is 50.0 Å². The molecule has 0 radical (unpaired) electrons. The molecule has 1 heterocycles. The molecule has 0 bridgehead atoms. The Labute approximate surface area is 89.1 Å². The van der Waals surface area contributed by atoms with Crippen LogP contribution < -0.4 is 23.7 Å². The van der Waals surface area contributed by atoms with E-state index in [4.69, 9.17) is 5.73 Å². The van der Waals surface area contributed by atoms with Crippen LogP contribution in [0.15, 0.2) is 16.0 Å². The number of aromatic nitrogens is 2. The minimum atomic E-state index is -0.312. The smallest absolute Gasteiger partial charge is 1.00 e. The molecule has 4 nitrogen and oxygen atoms in total. The molecule has 0 saturated carbocycles. The predicted molar refractivity (Wildman–Crippen MR) is 34.9 cm³/mol. The van der Waals surface area contributed by atoms with Crippen molar-refractivity contribution in [3.05, 3.63) is 16.4 Å². The van der Waals surface area contributed by atoms with E-state index in [1.165, 1.54) is 6.07 Å². The summed E-state index contributed by atoms with van der Waals surface area (Å²) in [6.07, 6.45) is 0. The Kier molecular flexibility index (Phi) is 6.76. The fourth-order valence-electron chi connectivity index (χ4n) is 0.453. The van der Waals surface area contributed by atoms with Crippen molar-refractivity contribution in [3.63, 3.8) is 0 Å². The third-order valence-corrected chi connectivity index (χ3v) is 0.933. The van der Waals surface area contributed by atoms with Crippen molar-refractivity contribution in [2.45, 2.75) is 5.16 Å². The van der Waals surface area contributed by atoms with Crippen LogP contribution in [0.2, 0.25) is 0 Å². The average molecular weight is 373 g/mol. The normalized spacial score (nSPS) is 7.64. The van der Waals surface area contributed by atoms with Crippen molar-refractivity contribution in [1.82, 2.24) is 9.97 Å². The molecule has 0 saturated heterocycles. The van der Waals surface area contributed by atoms with Crippen LogP contribution in [0.3, 0.4) is 0 Å². The van der Waals surface area contributed by atoms with Crippen LogP contribution in [0.4, 0.5) is 5.82 Å². The van der Waals surface area contributed by atoms with Gasteiger partial charge in [0.2, 0.25) is 0 Å². The van der Waals surface area contributed by atoms with Crippen LogP contribution >= 0.6 is 0 Å². The second kappa shape index (κ2) is 5.52. The first-order chi connectivity index (χ1) is 4.18. The Morgan fingerprint density at radius 3 is 2.55 bits per heavy atom. The van der Waals surface area contributed by atoms with Gasteiger partial charge in [-0.15, -0.1) is 0 Å². The van der Waals surface area contributed by atoms with Gasteiger partial charge in [-0.25, -0.2) is 4.98 Å². The number of nitrogens with two attached hydrogens (primary N) is 1. The molecule has 0 atom stereocenters. The molecule has 0 fully saturated rings. The fraction of sp³-hybridized carbons (Fsp3) is 0. The van der Waals surface area contributed by atoms with Crippen molar-refractivity contribution in [2.24, 2.45) is 0 Å². The molecule has 62 valence electrons. The second-order valence-electron chi connectivity index (χ2n) is 1.48. The number of halogens is 1. The van der Waals surface area contributed by atoms with Gasteiger partial charge in [0, 0.05) is 6.07 Å². The van der Waals surface area contributed by atoms with E-state index in [9.17, 15) is 4.79 Å². The van der Waals surface area contributed by atoms with Gasteiger partial charge in [-0.3, -0.25) is 4.79 Å². The van der Waals surface area contributed by atoms with Gasteiger partial charge in [0.1, 0.15) is 5.82 Å². The summed E-state index contributed by atoms with van der Waals surface area (Å²) in [5.74, 6) is 0.156. The monoisotopic (exact) mass is 372 g/mol. The van der Waals surface area contributed by atoms with Gasteiger partial charge in [-0.1, -0.05) is 0 Å². The second-order valence-corrected chi connectivity index (χ2v) is 1.86. The topological polar surface area (TPSA) is 71.8 Å². The molecule has 0 aliphatic rings. The van der Waals surface area contributed by atoms with Gasteiger partial charge >= 0.3 is 21.1 Å². The first kappa shape index (κ1) is 13.5. The summed E-state index contributed by atoms with van der Waals surface area (Å²) in [6.45, 7) is 0. The number of H-pyrrole nitrogens is 1. The third kappa shape index (κ3) is 4.35. The van der Waals surface area contributed by atoms with Crippen LogP contribution in [-0.4, -0.2) is 9.97 Å². The maximum atomic E-state index is 10.5. The predicted octanol–water partition coefficient (Wildman–Crippen LogP) is -3.74. The zero-order valence-electron chi connectivity index (χ0n) is 5.11. The summed E-state index contributed by atoms with van der Waals surface area (Å²) in [6, 6.07) is 1.18. The van der Waals surface area contributed by atoms with Gasteiger partial charge in [0.05, 0.1) is 0 Å². The molecule has 1 aromatic heterocycles. The minimum Gasteiger partial charge on any atom is -1.00 e. The molecular weight excluding hydrogens is 369 g/mol. The van der Waals surface area contributed by atoms with E-state index in [0.29, 0.717) is 0 Å². The van der Waals surface area contributed by atoms with Crippen LogP contribution in [-0.2, 0) is 33.7 Å². The molecule has 1 aromatic rings. The molecular formula is C4H4ClN3OPtS+2. The number of hydrogen-bond donors (Lipinski definition) is 2. The van der Waals surface area contributed by atoms with Gasteiger partial charge < -0.3 is 35.8 Å². The Bertz CT molecular complexity index is 255. The molecule has 7 heteroatoms. The Morgan fingerprint density at radius 2 is 2.18 bits per heavy atom. The van der Waals surface area contributed by atoms with Gasteiger partial charge in [0.15, 0.2) is 0 Å². The maximum Gasteiger partial charge on any atom is 4.00 e. The van der Waals surface area contributed by atoms with E-state index >= 15 is 0 Å². The third-order valence-electron chi connectivity index (χ3n) is 0.740. The average Bonchev–Trinajstić information content (AvgIpc) is 1.59. The van der Waals surface area contributed by atoms with Crippen LogP contribution in [0.5, 0.6) is 0 Å². The Balaban J connectivity index is 0. The molecule has 0 amide bonds. The quantitative estimate of drug-likeness (QED) is 0.363. The fourth-order valence-corrected chi connectivity index (χ4v) is 0.659. The number of nitrogen functional groups attached to an aromatic ring is 1. The summed E-state index contributed by atoms with van der Waals surface area (Å²) in [4.78, 5) is 16.3. The van der Waals surface area contributed by atoms with E-state index in [1.54, 1.807) is 0 Å². The van der Waals surface area contributed by atoms with Gasteiger partial charge in [-0.2, -0.15) is 0 Å². The summed E-state index contributed by atoms with van der Waals surface area (Å²) >= 11 is 4.54. The van der Waals surface area contributed by atoms with Gasteiger partial charge in [0.25, 0.3) is 5.56 Å². The molecule has 0 unspecified atom stereocenters. The van der Waals surface area contributed by atoms with Crippen LogP contribution in [0.1, 0.15) is 0 Å². The zero-order chi connectivity index (χ0) is 6.85. The molecule has 0 aromatic carbocycles. The number of hydrogen-bond acceptors (Lipinski definition) is 4. The van der Waals surface area contributed by atoms with Crippen molar-refractivity contribution in [1.29, 1.82) is 0 Å². The summed E-state index contributed by atoms with van der Waals surface area (Å²) in [5, 5.41) is 0.125. The SMILES string of the molecule is Nc1cc(=O)[nH]c([S-])n1.[Cl-].[Pt+4]. The van der Waals surface area contributed by atoms with Crippen LogP contribution in [0, 0.1) is 0 Å². The van der Waals surface area contributed by atoms with Crippen molar-refractivity contribution < 1.29 is 33.5 Å². The number of anilines is 1. The standard InChI is InChI=1S/C4H5N3OS.ClH.Pt/c5-2-1-3(8)7-4(9)6-2;;/h1H,(H4,5,6,7,8,9);1H;/q;;+4/p-2. The molecule has 1 rings (SSSR count). The number of rotatable bonds is 0. The Morgan fingerprint density at radius 1 is 1.64 bits per heavy atom. The molecule has 0 aliphatic carbocycles. The Hall–Kier alpha value is -0.122. The van der Waals surface area contributed by atoms with E-state index in [1.807, 2.05) is 0 Å². The first-order valence-electron chi connectivity index (χ1n) is 2.22. The van der Waals surface area contributed by atoms with Crippen molar-refractivity contribution in [3.8, 4) is 0 Å². The van der Waals surface area contributed by atoms with E-state index < -0.39 is 0 Å². The number of nitrogens with zero attached hydrogens (tertiary/aromatic N) is 1. The largest absolute Gasteiger partial charge is 4.00 e. The zero-order valence-corrected chi connectivity index (χ0v) is 8.96.